The van der Waals surface area contributed by atoms with Gasteiger partial charge in [0.1, 0.15) is 5.82 Å². The van der Waals surface area contributed by atoms with Crippen molar-refractivity contribution in [1.29, 1.82) is 0 Å². The lowest BCUT2D eigenvalue weighted by Gasteiger charge is -2.25. The number of aliphatic carboxylic acids is 2. The van der Waals surface area contributed by atoms with Crippen molar-refractivity contribution in [2.45, 2.75) is 42.4 Å². The maximum absolute atomic E-state index is 13.3. The summed E-state index contributed by atoms with van der Waals surface area (Å²) >= 11 is 1.76. The maximum Gasteiger partial charge on any atom is 0.414 e. The zero-order valence-corrected chi connectivity index (χ0v) is 16.7. The third-order valence-electron chi connectivity index (χ3n) is 4.48. The van der Waals surface area contributed by atoms with Gasteiger partial charge in [0.15, 0.2) is 0 Å². The molecule has 0 radical (unpaired) electrons. The van der Waals surface area contributed by atoms with E-state index in [9.17, 15) is 4.39 Å². The van der Waals surface area contributed by atoms with Crippen molar-refractivity contribution in [3.63, 3.8) is 0 Å². The highest BCUT2D eigenvalue weighted by molar-refractivity contribution is 7.99. The van der Waals surface area contributed by atoms with Crippen molar-refractivity contribution in [2.24, 2.45) is 0 Å². The van der Waals surface area contributed by atoms with E-state index in [1.165, 1.54) is 28.9 Å². The molecule has 1 aliphatic heterocycles. The van der Waals surface area contributed by atoms with Crippen LogP contribution in [0.4, 0.5) is 4.39 Å². The molecular weight excluding hydrogens is 381 g/mol. The van der Waals surface area contributed by atoms with Gasteiger partial charge in [0.05, 0.1) is 0 Å². The van der Waals surface area contributed by atoms with E-state index in [1.54, 1.807) is 23.9 Å². The van der Waals surface area contributed by atoms with E-state index in [2.05, 4.69) is 30.4 Å². The van der Waals surface area contributed by atoms with Gasteiger partial charge in [-0.05, 0) is 81.1 Å². The van der Waals surface area contributed by atoms with Crippen molar-refractivity contribution < 1.29 is 24.2 Å². The van der Waals surface area contributed by atoms with Gasteiger partial charge in [-0.1, -0.05) is 29.5 Å². The van der Waals surface area contributed by atoms with Crippen LogP contribution in [0.25, 0.3) is 0 Å². The number of aryl methyl sites for hydroxylation is 2. The summed E-state index contributed by atoms with van der Waals surface area (Å²) < 4.78 is 13.3. The molecule has 0 spiro atoms. The Balaban J connectivity index is 0.000000409. The van der Waals surface area contributed by atoms with Crippen LogP contribution in [0.2, 0.25) is 0 Å². The van der Waals surface area contributed by atoms with Gasteiger partial charge in [0.2, 0.25) is 0 Å². The molecule has 0 aliphatic carbocycles. The van der Waals surface area contributed by atoms with E-state index >= 15 is 0 Å². The number of halogens is 1. The minimum absolute atomic E-state index is 0.163. The van der Waals surface area contributed by atoms with E-state index < -0.39 is 11.9 Å². The summed E-state index contributed by atoms with van der Waals surface area (Å²) in [5.74, 6) is -3.18. The van der Waals surface area contributed by atoms with Gasteiger partial charge in [-0.15, -0.1) is 0 Å². The fourth-order valence-electron chi connectivity index (χ4n) is 3.06. The molecule has 150 valence electrons. The van der Waals surface area contributed by atoms with E-state index in [4.69, 9.17) is 19.8 Å². The predicted octanol–water partition coefficient (Wildman–Crippen LogP) is 4.22. The third-order valence-corrected chi connectivity index (χ3v) is 5.75. The SMILES string of the molecule is Cc1ccc(Sc2ccc(F)cc2C)c(C2CCNCC2)c1.O=C(O)C(=O)O. The Labute approximate surface area is 168 Å². The third kappa shape index (κ3) is 6.35. The summed E-state index contributed by atoms with van der Waals surface area (Å²) in [6, 6.07) is 11.8. The molecule has 1 aliphatic rings. The fourth-order valence-corrected chi connectivity index (χ4v) is 4.13. The van der Waals surface area contributed by atoms with Crippen LogP contribution in [0, 0.1) is 19.7 Å². The van der Waals surface area contributed by atoms with Crippen molar-refractivity contribution in [3.8, 4) is 0 Å². The van der Waals surface area contributed by atoms with Gasteiger partial charge in [-0.25, -0.2) is 14.0 Å². The van der Waals surface area contributed by atoms with Crippen molar-refractivity contribution in [2.75, 3.05) is 13.1 Å². The number of carboxylic acid groups (broad SMARTS) is 2. The molecule has 0 saturated carbocycles. The minimum atomic E-state index is -1.82. The number of rotatable bonds is 3. The number of carboxylic acids is 2. The molecule has 2 aromatic carbocycles. The molecule has 1 fully saturated rings. The van der Waals surface area contributed by atoms with Crippen LogP contribution in [0.1, 0.15) is 35.4 Å². The lowest BCUT2D eigenvalue weighted by Crippen LogP contribution is -2.26. The van der Waals surface area contributed by atoms with Crippen LogP contribution in [0.3, 0.4) is 0 Å². The van der Waals surface area contributed by atoms with E-state index in [0.717, 1.165) is 23.5 Å². The Morgan fingerprint density at radius 1 is 1.00 bits per heavy atom. The standard InChI is InChI=1S/C19H22FNS.C2H2O4/c1-13-3-5-19(17(11-13)15-7-9-21-10-8-15)22-18-6-4-16(20)12-14(18)2;3-1(4)2(5)6/h3-6,11-12,15,21H,7-10H2,1-2H3;(H,3,4)(H,5,6). The summed E-state index contributed by atoms with van der Waals surface area (Å²) in [7, 11) is 0. The molecule has 0 atom stereocenters. The zero-order valence-electron chi connectivity index (χ0n) is 15.9. The summed E-state index contributed by atoms with van der Waals surface area (Å²) in [4.78, 5) is 20.7. The molecule has 28 heavy (non-hydrogen) atoms. The molecule has 1 heterocycles. The minimum Gasteiger partial charge on any atom is -0.473 e. The van der Waals surface area contributed by atoms with Gasteiger partial charge in [-0.2, -0.15) is 0 Å². The van der Waals surface area contributed by atoms with Crippen LogP contribution in [0.5, 0.6) is 0 Å². The number of piperidine rings is 1. The fraction of sp³-hybridized carbons (Fsp3) is 0.333. The van der Waals surface area contributed by atoms with Crippen molar-refractivity contribution in [1.82, 2.24) is 5.32 Å². The highest BCUT2D eigenvalue weighted by atomic mass is 32.2. The number of benzene rings is 2. The maximum atomic E-state index is 13.3. The molecule has 1 saturated heterocycles. The van der Waals surface area contributed by atoms with Crippen molar-refractivity contribution >= 4 is 23.7 Å². The van der Waals surface area contributed by atoms with Crippen molar-refractivity contribution in [3.05, 3.63) is 58.9 Å². The van der Waals surface area contributed by atoms with Crippen LogP contribution in [0.15, 0.2) is 46.2 Å². The van der Waals surface area contributed by atoms with Gasteiger partial charge >= 0.3 is 11.9 Å². The summed E-state index contributed by atoms with van der Waals surface area (Å²) in [6.45, 7) is 6.32. The summed E-state index contributed by atoms with van der Waals surface area (Å²) in [5, 5.41) is 18.2. The van der Waals surface area contributed by atoms with Crippen LogP contribution < -0.4 is 5.32 Å². The van der Waals surface area contributed by atoms with Gasteiger partial charge in [-0.3, -0.25) is 0 Å². The largest absolute Gasteiger partial charge is 0.473 e. The number of carbonyl (C=O) groups is 2. The predicted molar refractivity (Wildman–Crippen MR) is 107 cm³/mol. The second-order valence-electron chi connectivity index (χ2n) is 6.69. The van der Waals surface area contributed by atoms with Crippen LogP contribution >= 0.6 is 11.8 Å². The smallest absolute Gasteiger partial charge is 0.414 e. The number of hydrogen-bond acceptors (Lipinski definition) is 4. The molecule has 2 aromatic rings. The second-order valence-corrected chi connectivity index (χ2v) is 7.77. The molecule has 0 aromatic heterocycles. The number of hydrogen-bond donors (Lipinski definition) is 3. The number of nitrogens with one attached hydrogen (secondary N) is 1. The topological polar surface area (TPSA) is 86.6 Å². The molecule has 0 bridgehead atoms. The lowest BCUT2D eigenvalue weighted by atomic mass is 9.89. The Bertz CT molecular complexity index is 838. The normalized spacial score (nSPS) is 14.1. The highest BCUT2D eigenvalue weighted by Gasteiger charge is 2.19. The Hall–Kier alpha value is -2.38. The van der Waals surface area contributed by atoms with E-state index in [0.29, 0.717) is 5.92 Å². The Kier molecular flexibility index (Phi) is 8.02. The molecule has 5 nitrogen and oxygen atoms in total. The van der Waals surface area contributed by atoms with Gasteiger partial charge in [0.25, 0.3) is 0 Å². The highest BCUT2D eigenvalue weighted by Crippen LogP contribution is 2.38. The molecular formula is C21H24FNO4S. The molecule has 0 amide bonds. The van der Waals surface area contributed by atoms with Gasteiger partial charge < -0.3 is 15.5 Å². The monoisotopic (exact) mass is 405 g/mol. The summed E-state index contributed by atoms with van der Waals surface area (Å²) in [5.41, 5.74) is 3.77. The lowest BCUT2D eigenvalue weighted by molar-refractivity contribution is -0.159. The van der Waals surface area contributed by atoms with Gasteiger partial charge in [0, 0.05) is 9.79 Å². The molecule has 3 N–H and O–H groups in total. The first-order chi connectivity index (χ1) is 13.3. The molecule has 0 unspecified atom stereocenters. The Morgan fingerprint density at radius 2 is 1.61 bits per heavy atom. The second kappa shape index (κ2) is 10.2. The van der Waals surface area contributed by atoms with Crippen LogP contribution in [-0.2, 0) is 9.59 Å². The molecule has 3 rings (SSSR count). The average molecular weight is 405 g/mol. The quantitative estimate of drug-likeness (QED) is 0.663. The molecule has 7 heteroatoms. The van der Waals surface area contributed by atoms with Crippen LogP contribution in [-0.4, -0.2) is 35.2 Å². The average Bonchev–Trinajstić information content (AvgIpc) is 2.66. The van der Waals surface area contributed by atoms with E-state index in [1.807, 2.05) is 13.0 Å². The Morgan fingerprint density at radius 3 is 2.18 bits per heavy atom. The zero-order chi connectivity index (χ0) is 20.7. The van der Waals surface area contributed by atoms with E-state index in [-0.39, 0.29) is 5.82 Å². The first-order valence-electron chi connectivity index (χ1n) is 8.99. The first-order valence-corrected chi connectivity index (χ1v) is 9.81. The first kappa shape index (κ1) is 21.9. The summed E-state index contributed by atoms with van der Waals surface area (Å²) in [6.07, 6.45) is 2.39.